The average Bonchev–Trinajstić information content (AvgIpc) is 1.98. The van der Waals surface area contributed by atoms with Crippen molar-refractivity contribution in [1.29, 1.82) is 5.41 Å². The molecule has 0 heterocycles. The van der Waals surface area contributed by atoms with E-state index in [-0.39, 0.29) is 16.8 Å². The number of amidine groups is 1. The third-order valence-electron chi connectivity index (χ3n) is 1.25. The fourth-order valence-electron chi connectivity index (χ4n) is 0.426. The number of thioether (sulfide) groups is 1. The van der Waals surface area contributed by atoms with Gasteiger partial charge in [-0.15, -0.1) is 0 Å². The van der Waals surface area contributed by atoms with Gasteiger partial charge in [0, 0.05) is 13.6 Å². The summed E-state index contributed by atoms with van der Waals surface area (Å²) in [7, 11) is 1.73. The van der Waals surface area contributed by atoms with Crippen LogP contribution in [0.1, 0.15) is 6.92 Å². The highest BCUT2D eigenvalue weighted by Gasteiger charge is 2.06. The monoisotopic (exact) mass is 175 g/mol. The molecule has 0 radical (unpaired) electrons. The van der Waals surface area contributed by atoms with Crippen LogP contribution in [-0.2, 0) is 4.79 Å². The molecule has 5 heteroatoms. The zero-order valence-electron chi connectivity index (χ0n) is 6.76. The van der Waals surface area contributed by atoms with Crippen molar-refractivity contribution in [3.05, 3.63) is 0 Å². The summed E-state index contributed by atoms with van der Waals surface area (Å²) in [6.07, 6.45) is 0. The number of carbonyl (C=O) groups is 1. The van der Waals surface area contributed by atoms with Crippen LogP contribution in [-0.4, -0.2) is 35.3 Å². The number of amides is 1. The highest BCUT2D eigenvalue weighted by molar-refractivity contribution is 8.14. The van der Waals surface area contributed by atoms with Crippen LogP contribution in [0.15, 0.2) is 0 Å². The van der Waals surface area contributed by atoms with E-state index in [9.17, 15) is 4.79 Å². The summed E-state index contributed by atoms with van der Waals surface area (Å²) in [4.78, 5) is 12.6. The maximum absolute atomic E-state index is 11.0. The van der Waals surface area contributed by atoms with Crippen molar-refractivity contribution in [3.63, 3.8) is 0 Å². The number of hydrogen-bond donors (Lipinski definition) is 2. The summed E-state index contributed by atoms with van der Waals surface area (Å²) in [5.41, 5.74) is 5.06. The Morgan fingerprint density at radius 3 is 2.64 bits per heavy atom. The fourth-order valence-corrected chi connectivity index (χ4v) is 0.925. The topological polar surface area (TPSA) is 70.2 Å². The fraction of sp³-hybridized carbons (Fsp3) is 0.667. The Labute approximate surface area is 70.6 Å². The summed E-state index contributed by atoms with van der Waals surface area (Å²) in [5, 5.41) is 6.84. The molecule has 0 aromatic rings. The molecule has 0 fully saturated rings. The summed E-state index contributed by atoms with van der Waals surface area (Å²) >= 11 is 1.05. The van der Waals surface area contributed by atoms with Gasteiger partial charge in [-0.25, -0.2) is 0 Å². The predicted octanol–water partition coefficient (Wildman–Crippen LogP) is 0.0914. The van der Waals surface area contributed by atoms with Crippen molar-refractivity contribution < 1.29 is 4.79 Å². The molecule has 11 heavy (non-hydrogen) atoms. The van der Waals surface area contributed by atoms with E-state index >= 15 is 0 Å². The van der Waals surface area contributed by atoms with Gasteiger partial charge in [-0.1, -0.05) is 11.8 Å². The van der Waals surface area contributed by atoms with Gasteiger partial charge in [0.05, 0.1) is 5.75 Å². The zero-order valence-corrected chi connectivity index (χ0v) is 7.57. The summed E-state index contributed by atoms with van der Waals surface area (Å²) < 4.78 is 0. The summed E-state index contributed by atoms with van der Waals surface area (Å²) in [6.45, 7) is 2.59. The molecule has 4 nitrogen and oxygen atoms in total. The lowest BCUT2D eigenvalue weighted by molar-refractivity contribution is -0.126. The number of carbonyl (C=O) groups excluding carboxylic acids is 1. The Hall–Kier alpha value is -0.710. The van der Waals surface area contributed by atoms with Crippen LogP contribution in [0.4, 0.5) is 0 Å². The molecule has 3 N–H and O–H groups in total. The van der Waals surface area contributed by atoms with Gasteiger partial charge in [0.2, 0.25) is 5.91 Å². The minimum Gasteiger partial charge on any atom is -0.379 e. The molecule has 0 aliphatic carbocycles. The van der Waals surface area contributed by atoms with Gasteiger partial charge in [0.25, 0.3) is 0 Å². The SMILES string of the molecule is CCN(C)C(=O)CSC(=N)N. The summed E-state index contributed by atoms with van der Waals surface area (Å²) in [5.74, 6) is 0.271. The highest BCUT2D eigenvalue weighted by atomic mass is 32.2. The molecule has 0 aliphatic rings. The molecular weight excluding hydrogens is 162 g/mol. The minimum atomic E-state index is -0.0112. The number of nitrogens with zero attached hydrogens (tertiary/aromatic N) is 1. The van der Waals surface area contributed by atoms with E-state index in [2.05, 4.69) is 0 Å². The van der Waals surface area contributed by atoms with Crippen LogP contribution in [0.3, 0.4) is 0 Å². The second-order valence-corrected chi connectivity index (χ2v) is 3.08. The lowest BCUT2D eigenvalue weighted by Gasteiger charge is -2.13. The molecular formula is C6H13N3OS. The van der Waals surface area contributed by atoms with E-state index in [1.807, 2.05) is 6.92 Å². The molecule has 0 aromatic heterocycles. The Morgan fingerprint density at radius 1 is 1.73 bits per heavy atom. The quantitative estimate of drug-likeness (QED) is 0.472. The molecule has 0 unspecified atom stereocenters. The molecule has 0 saturated carbocycles. The second kappa shape index (κ2) is 5.01. The third kappa shape index (κ3) is 4.66. The number of rotatable bonds is 3. The standard InChI is InChI=1S/C6H13N3OS/c1-3-9(2)5(10)4-11-6(7)8/h3-4H2,1-2H3,(H3,7,8). The first kappa shape index (κ1) is 10.3. The molecule has 1 amide bonds. The third-order valence-corrected chi connectivity index (χ3v) is 1.95. The molecule has 0 aromatic carbocycles. The van der Waals surface area contributed by atoms with Gasteiger partial charge in [0.15, 0.2) is 5.17 Å². The van der Waals surface area contributed by atoms with Gasteiger partial charge >= 0.3 is 0 Å². The first-order valence-corrected chi connectivity index (χ1v) is 4.27. The van der Waals surface area contributed by atoms with Crippen LogP contribution in [0.5, 0.6) is 0 Å². The van der Waals surface area contributed by atoms with Gasteiger partial charge in [-0.05, 0) is 6.92 Å². The first-order valence-electron chi connectivity index (χ1n) is 3.28. The molecule has 64 valence electrons. The van der Waals surface area contributed by atoms with E-state index in [1.54, 1.807) is 11.9 Å². The van der Waals surface area contributed by atoms with E-state index in [1.165, 1.54) is 0 Å². The van der Waals surface area contributed by atoms with Gasteiger partial charge in [-0.3, -0.25) is 10.2 Å². The number of hydrogen-bond acceptors (Lipinski definition) is 3. The van der Waals surface area contributed by atoms with E-state index in [0.29, 0.717) is 6.54 Å². The van der Waals surface area contributed by atoms with E-state index in [4.69, 9.17) is 11.1 Å². The second-order valence-electron chi connectivity index (χ2n) is 2.06. The van der Waals surface area contributed by atoms with Crippen molar-refractivity contribution >= 4 is 22.8 Å². The normalized spacial score (nSPS) is 9.27. The van der Waals surface area contributed by atoms with Crippen molar-refractivity contribution in [2.75, 3.05) is 19.3 Å². The molecule has 0 bridgehead atoms. The molecule has 0 atom stereocenters. The largest absolute Gasteiger partial charge is 0.379 e. The Bertz CT molecular complexity index is 160. The predicted molar refractivity (Wildman–Crippen MR) is 47.7 cm³/mol. The number of nitrogens with two attached hydrogens (primary N) is 1. The molecule has 0 rings (SSSR count). The Kier molecular flexibility index (Phi) is 4.69. The lowest BCUT2D eigenvalue weighted by atomic mass is 10.5. The van der Waals surface area contributed by atoms with Gasteiger partial charge in [0.1, 0.15) is 0 Å². The van der Waals surface area contributed by atoms with Gasteiger partial charge in [-0.2, -0.15) is 0 Å². The van der Waals surface area contributed by atoms with Crippen LogP contribution in [0.2, 0.25) is 0 Å². The molecule has 0 aliphatic heterocycles. The molecule has 0 saturated heterocycles. The minimum absolute atomic E-state index is 0.00713. The Balaban J connectivity index is 3.60. The zero-order chi connectivity index (χ0) is 8.85. The highest BCUT2D eigenvalue weighted by Crippen LogP contribution is 1.99. The smallest absolute Gasteiger partial charge is 0.232 e. The number of nitrogens with one attached hydrogen (secondary N) is 1. The average molecular weight is 175 g/mol. The van der Waals surface area contributed by atoms with Crippen molar-refractivity contribution in [3.8, 4) is 0 Å². The maximum Gasteiger partial charge on any atom is 0.232 e. The van der Waals surface area contributed by atoms with E-state index < -0.39 is 0 Å². The van der Waals surface area contributed by atoms with Crippen molar-refractivity contribution in [2.45, 2.75) is 6.92 Å². The van der Waals surface area contributed by atoms with Crippen LogP contribution in [0, 0.1) is 5.41 Å². The van der Waals surface area contributed by atoms with Crippen molar-refractivity contribution in [1.82, 2.24) is 4.90 Å². The van der Waals surface area contributed by atoms with Gasteiger partial charge < -0.3 is 10.6 Å². The van der Waals surface area contributed by atoms with Crippen molar-refractivity contribution in [2.24, 2.45) is 5.73 Å². The first-order chi connectivity index (χ1) is 5.07. The van der Waals surface area contributed by atoms with E-state index in [0.717, 1.165) is 11.8 Å². The molecule has 0 spiro atoms. The lowest BCUT2D eigenvalue weighted by Crippen LogP contribution is -2.28. The van der Waals surface area contributed by atoms with Crippen LogP contribution < -0.4 is 5.73 Å². The van der Waals surface area contributed by atoms with Crippen LogP contribution in [0.25, 0.3) is 0 Å². The summed E-state index contributed by atoms with van der Waals surface area (Å²) in [6, 6.07) is 0. The maximum atomic E-state index is 11.0. The van der Waals surface area contributed by atoms with Crippen LogP contribution >= 0.6 is 11.8 Å². The Morgan fingerprint density at radius 2 is 2.27 bits per heavy atom.